The monoisotopic (exact) mass is 800 g/mol. The number of hydrogen-bond donors (Lipinski definition) is 3. The molecule has 6 rings (SSSR count). The zero-order chi connectivity index (χ0) is 40.1. The van der Waals surface area contributed by atoms with Crippen molar-refractivity contribution in [1.29, 1.82) is 0 Å². The van der Waals surface area contributed by atoms with E-state index < -0.39 is 17.1 Å². The molecule has 0 radical (unpaired) electrons. The molecule has 0 aliphatic rings. The van der Waals surface area contributed by atoms with Crippen molar-refractivity contribution in [2.75, 3.05) is 38.6 Å². The first kappa shape index (κ1) is 40.1. The lowest BCUT2D eigenvalue weighted by Crippen LogP contribution is -2.30. The summed E-state index contributed by atoms with van der Waals surface area (Å²) in [6.07, 6.45) is 1.51. The third kappa shape index (κ3) is 10.4. The quantitative estimate of drug-likeness (QED) is 0.0647. The number of ether oxygens (including phenoxy) is 4. The molecular formula is C44H40N4O7S2. The van der Waals surface area contributed by atoms with Crippen LogP contribution in [0, 0.1) is 0 Å². The molecule has 6 aromatic rings. The zero-order valence-electron chi connectivity index (χ0n) is 31.6. The van der Waals surface area contributed by atoms with Crippen LogP contribution in [0.15, 0.2) is 137 Å². The fourth-order valence-electron chi connectivity index (χ4n) is 5.64. The number of thiazole rings is 1. The van der Waals surface area contributed by atoms with Crippen molar-refractivity contribution in [1.82, 2.24) is 10.3 Å². The minimum Gasteiger partial charge on any atom is -0.496 e. The predicted octanol–water partition coefficient (Wildman–Crippen LogP) is 9.12. The van der Waals surface area contributed by atoms with Crippen LogP contribution in [-0.2, 0) is 9.59 Å². The summed E-state index contributed by atoms with van der Waals surface area (Å²) in [4.78, 5) is 46.4. The molecule has 0 aliphatic heterocycles. The summed E-state index contributed by atoms with van der Waals surface area (Å²) in [5.41, 5.74) is 3.75. The van der Waals surface area contributed by atoms with Gasteiger partial charge in [-0.25, -0.2) is 4.98 Å². The second-order valence-corrected chi connectivity index (χ2v) is 14.2. The molecule has 1 aromatic heterocycles. The van der Waals surface area contributed by atoms with Gasteiger partial charge >= 0.3 is 0 Å². The Balaban J connectivity index is 1.20. The minimum absolute atomic E-state index is 0.0403. The molecule has 3 amide bonds. The largest absolute Gasteiger partial charge is 0.496 e. The number of methoxy groups -OCH3 is 3. The van der Waals surface area contributed by atoms with E-state index in [1.807, 2.05) is 79.0 Å². The molecule has 1 atom stereocenters. The fourth-order valence-corrected chi connectivity index (χ4v) is 7.39. The Hall–Kier alpha value is -6.57. The van der Waals surface area contributed by atoms with Crippen molar-refractivity contribution in [2.24, 2.45) is 0 Å². The van der Waals surface area contributed by atoms with E-state index in [-0.39, 0.29) is 11.6 Å². The van der Waals surface area contributed by atoms with Crippen molar-refractivity contribution >= 4 is 57.7 Å². The van der Waals surface area contributed by atoms with Crippen molar-refractivity contribution in [3.05, 3.63) is 149 Å². The van der Waals surface area contributed by atoms with Crippen LogP contribution in [0.25, 0.3) is 17.3 Å². The molecule has 57 heavy (non-hydrogen) atoms. The van der Waals surface area contributed by atoms with Gasteiger partial charge in [-0.3, -0.25) is 14.4 Å². The summed E-state index contributed by atoms with van der Waals surface area (Å²) >= 11 is 2.72. The van der Waals surface area contributed by atoms with Crippen molar-refractivity contribution in [3.8, 4) is 34.3 Å². The van der Waals surface area contributed by atoms with Crippen LogP contribution in [0.2, 0.25) is 0 Å². The molecule has 0 spiro atoms. The van der Waals surface area contributed by atoms with E-state index in [1.54, 1.807) is 54.6 Å². The van der Waals surface area contributed by atoms with Crippen LogP contribution in [0.4, 0.5) is 10.8 Å². The summed E-state index contributed by atoms with van der Waals surface area (Å²) in [6, 6.07) is 36.1. The molecule has 13 heteroatoms. The van der Waals surface area contributed by atoms with E-state index in [0.29, 0.717) is 45.8 Å². The first-order valence-corrected chi connectivity index (χ1v) is 19.5. The van der Waals surface area contributed by atoms with Gasteiger partial charge in [0, 0.05) is 38.7 Å². The summed E-state index contributed by atoms with van der Waals surface area (Å²) in [5, 5.41) is 10.4. The number of carbonyl (C=O) groups excluding carboxylic acids is 3. The average molecular weight is 801 g/mol. The Morgan fingerprint density at radius 1 is 0.772 bits per heavy atom. The topological polar surface area (TPSA) is 137 Å². The molecule has 1 heterocycles. The number of carbonyl (C=O) groups is 3. The van der Waals surface area contributed by atoms with Gasteiger partial charge < -0.3 is 34.9 Å². The van der Waals surface area contributed by atoms with E-state index in [4.69, 9.17) is 18.9 Å². The van der Waals surface area contributed by atoms with Gasteiger partial charge in [0.05, 0.1) is 33.6 Å². The maximum atomic E-state index is 13.8. The fraction of sp³-hybridized carbons (Fsp3) is 0.136. The van der Waals surface area contributed by atoms with Crippen LogP contribution in [0.3, 0.4) is 0 Å². The Morgan fingerprint density at radius 3 is 2.07 bits per heavy atom. The van der Waals surface area contributed by atoms with Gasteiger partial charge in [0.25, 0.3) is 11.8 Å². The van der Waals surface area contributed by atoms with Gasteiger partial charge in [-0.2, -0.15) is 0 Å². The van der Waals surface area contributed by atoms with Crippen LogP contribution in [0.5, 0.6) is 23.0 Å². The Kier molecular flexibility index (Phi) is 13.6. The maximum absolute atomic E-state index is 13.8. The van der Waals surface area contributed by atoms with Gasteiger partial charge in [0.2, 0.25) is 5.91 Å². The Bertz CT molecular complexity index is 2330. The normalized spacial score (nSPS) is 11.5. The molecule has 5 aromatic carbocycles. The van der Waals surface area contributed by atoms with E-state index in [0.717, 1.165) is 27.5 Å². The van der Waals surface area contributed by atoms with Gasteiger partial charge in [0.15, 0.2) is 16.6 Å². The van der Waals surface area contributed by atoms with Crippen molar-refractivity contribution in [2.45, 2.75) is 17.1 Å². The number of benzene rings is 5. The third-order valence-corrected chi connectivity index (χ3v) is 10.5. The molecule has 0 aliphatic carbocycles. The highest BCUT2D eigenvalue weighted by atomic mass is 32.2. The number of hydrogen-bond acceptors (Lipinski definition) is 10. The van der Waals surface area contributed by atoms with Crippen molar-refractivity contribution < 1.29 is 33.3 Å². The van der Waals surface area contributed by atoms with E-state index in [9.17, 15) is 14.4 Å². The highest BCUT2D eigenvalue weighted by Crippen LogP contribution is 2.38. The standard InChI is InChI=1S/C44H40N4O7S2/c1-5-55-33-20-16-28(17-21-33)36-27-56-44(47-36)48-43(51)40(29-12-8-6-9-13-29)57-34-22-18-32(19-23-34)45-42(50)35(46-41(49)30-14-10-7-11-15-30)24-31-25-38(53-3)39(54-4)26-37(31)52-2/h6-27,40H,5H2,1-4H3,(H,45,50)(H,46,49)(H,47,48,51)/b35-24-. The number of thioether (sulfide) groups is 1. The molecule has 0 saturated heterocycles. The summed E-state index contributed by atoms with van der Waals surface area (Å²) in [5.74, 6) is 0.746. The van der Waals surface area contributed by atoms with Gasteiger partial charge in [-0.1, -0.05) is 48.5 Å². The van der Waals surface area contributed by atoms with Crippen LogP contribution < -0.4 is 34.9 Å². The highest BCUT2D eigenvalue weighted by molar-refractivity contribution is 8.00. The van der Waals surface area contributed by atoms with Crippen LogP contribution >= 0.6 is 23.1 Å². The molecular weight excluding hydrogens is 761 g/mol. The molecule has 3 N–H and O–H groups in total. The molecule has 290 valence electrons. The molecule has 0 bridgehead atoms. The van der Waals surface area contributed by atoms with Crippen LogP contribution in [0.1, 0.15) is 33.7 Å². The number of anilines is 2. The minimum atomic E-state index is -0.608. The molecule has 0 saturated carbocycles. The lowest BCUT2D eigenvalue weighted by Gasteiger charge is -2.17. The molecule has 11 nitrogen and oxygen atoms in total. The van der Waals surface area contributed by atoms with Crippen LogP contribution in [-0.4, -0.2) is 50.6 Å². The summed E-state index contributed by atoms with van der Waals surface area (Å²) in [7, 11) is 4.50. The van der Waals surface area contributed by atoms with Gasteiger partial charge in [-0.05, 0) is 85.3 Å². The first-order chi connectivity index (χ1) is 27.8. The number of rotatable bonds is 16. The van der Waals surface area contributed by atoms with E-state index >= 15 is 0 Å². The second-order valence-electron chi connectivity index (χ2n) is 12.2. The number of nitrogens with one attached hydrogen (secondary N) is 3. The SMILES string of the molecule is CCOc1ccc(-c2csc(NC(=O)C(Sc3ccc(NC(=O)/C(=C/c4cc(OC)c(OC)cc4OC)NC(=O)c4ccccc4)cc3)c3ccccc3)n2)cc1. The molecule has 1 unspecified atom stereocenters. The Labute approximate surface area is 339 Å². The third-order valence-electron chi connectivity index (χ3n) is 8.47. The lowest BCUT2D eigenvalue weighted by molar-refractivity contribution is -0.116. The highest BCUT2D eigenvalue weighted by Gasteiger charge is 2.24. The first-order valence-electron chi connectivity index (χ1n) is 17.8. The smallest absolute Gasteiger partial charge is 0.272 e. The van der Waals surface area contributed by atoms with Gasteiger partial charge in [-0.15, -0.1) is 23.1 Å². The van der Waals surface area contributed by atoms with E-state index in [1.165, 1.54) is 50.5 Å². The predicted molar refractivity (Wildman–Crippen MR) is 225 cm³/mol. The zero-order valence-corrected chi connectivity index (χ0v) is 33.2. The number of nitrogens with zero attached hydrogens (tertiary/aromatic N) is 1. The summed E-state index contributed by atoms with van der Waals surface area (Å²) in [6.45, 7) is 2.52. The Morgan fingerprint density at radius 2 is 1.42 bits per heavy atom. The number of amides is 3. The molecule has 0 fully saturated rings. The lowest BCUT2D eigenvalue weighted by atomic mass is 10.1. The average Bonchev–Trinajstić information content (AvgIpc) is 3.72. The maximum Gasteiger partial charge on any atom is 0.272 e. The number of aromatic nitrogens is 1. The van der Waals surface area contributed by atoms with Gasteiger partial charge in [0.1, 0.15) is 22.4 Å². The second kappa shape index (κ2) is 19.3. The van der Waals surface area contributed by atoms with E-state index in [2.05, 4.69) is 20.9 Å². The summed E-state index contributed by atoms with van der Waals surface area (Å²) < 4.78 is 22.0. The van der Waals surface area contributed by atoms with Crippen molar-refractivity contribution in [3.63, 3.8) is 0 Å².